The van der Waals surface area contributed by atoms with Gasteiger partial charge < -0.3 is 15.8 Å². The SMILES string of the molecule is COc1ccc(C(C)CC(=O)NCC(C)(C)N)cc1.Cl. The van der Waals surface area contributed by atoms with Crippen LogP contribution in [-0.2, 0) is 4.79 Å². The highest BCUT2D eigenvalue weighted by Gasteiger charge is 2.15. The maximum atomic E-state index is 11.8. The average Bonchev–Trinajstić information content (AvgIpc) is 2.35. The summed E-state index contributed by atoms with van der Waals surface area (Å²) in [4.78, 5) is 11.8. The van der Waals surface area contributed by atoms with E-state index < -0.39 is 0 Å². The molecule has 0 saturated heterocycles. The summed E-state index contributed by atoms with van der Waals surface area (Å²) < 4.78 is 5.11. The van der Waals surface area contributed by atoms with Crippen LogP contribution in [0.3, 0.4) is 0 Å². The average molecular weight is 301 g/mol. The molecule has 5 heteroatoms. The first-order valence-electron chi connectivity index (χ1n) is 6.51. The van der Waals surface area contributed by atoms with Crippen LogP contribution in [0, 0.1) is 0 Å². The molecular formula is C15H25ClN2O2. The van der Waals surface area contributed by atoms with Crippen LogP contribution in [0.4, 0.5) is 0 Å². The summed E-state index contributed by atoms with van der Waals surface area (Å²) in [5.74, 6) is 1.03. The first kappa shape index (κ1) is 18.7. The number of hydrogen-bond acceptors (Lipinski definition) is 3. The molecule has 114 valence electrons. The quantitative estimate of drug-likeness (QED) is 0.848. The first-order valence-corrected chi connectivity index (χ1v) is 6.51. The summed E-state index contributed by atoms with van der Waals surface area (Å²) in [5, 5.41) is 2.86. The van der Waals surface area contributed by atoms with Gasteiger partial charge in [0.15, 0.2) is 0 Å². The molecule has 0 spiro atoms. The van der Waals surface area contributed by atoms with E-state index in [0.29, 0.717) is 13.0 Å². The second-order valence-electron chi connectivity index (χ2n) is 5.64. The fourth-order valence-electron chi connectivity index (χ4n) is 1.73. The van der Waals surface area contributed by atoms with Crippen molar-refractivity contribution in [3.05, 3.63) is 29.8 Å². The Morgan fingerprint density at radius 1 is 1.35 bits per heavy atom. The Kier molecular flexibility index (Phi) is 7.61. The maximum absolute atomic E-state index is 11.8. The van der Waals surface area contributed by atoms with Gasteiger partial charge in [0.1, 0.15) is 5.75 Å². The monoisotopic (exact) mass is 300 g/mol. The van der Waals surface area contributed by atoms with E-state index in [1.807, 2.05) is 45.0 Å². The highest BCUT2D eigenvalue weighted by Crippen LogP contribution is 2.21. The molecule has 0 heterocycles. The number of carbonyl (C=O) groups is 1. The molecule has 20 heavy (non-hydrogen) atoms. The lowest BCUT2D eigenvalue weighted by molar-refractivity contribution is -0.121. The molecule has 1 atom stereocenters. The molecule has 3 N–H and O–H groups in total. The van der Waals surface area contributed by atoms with Crippen LogP contribution in [0.25, 0.3) is 0 Å². The number of ether oxygens (including phenoxy) is 1. The molecular weight excluding hydrogens is 276 g/mol. The van der Waals surface area contributed by atoms with Crippen molar-refractivity contribution >= 4 is 18.3 Å². The molecule has 0 radical (unpaired) electrons. The van der Waals surface area contributed by atoms with Gasteiger partial charge in [-0.2, -0.15) is 0 Å². The number of nitrogens with two attached hydrogens (primary N) is 1. The molecule has 4 nitrogen and oxygen atoms in total. The third-order valence-corrected chi connectivity index (χ3v) is 2.92. The smallest absolute Gasteiger partial charge is 0.220 e. The summed E-state index contributed by atoms with van der Waals surface area (Å²) in [6, 6.07) is 7.80. The third kappa shape index (κ3) is 6.78. The Hall–Kier alpha value is -1.26. The van der Waals surface area contributed by atoms with Crippen molar-refractivity contribution in [1.82, 2.24) is 5.32 Å². The summed E-state index contributed by atoms with van der Waals surface area (Å²) in [5.41, 5.74) is 6.58. The standard InChI is InChI=1S/C15H24N2O2.ClH/c1-11(9-14(18)17-10-15(2,3)16)12-5-7-13(19-4)8-6-12;/h5-8,11H,9-10,16H2,1-4H3,(H,17,18);1H. The van der Waals surface area contributed by atoms with Gasteiger partial charge >= 0.3 is 0 Å². The summed E-state index contributed by atoms with van der Waals surface area (Å²) in [7, 11) is 1.64. The van der Waals surface area contributed by atoms with E-state index in [9.17, 15) is 4.79 Å². The predicted molar refractivity (Wildman–Crippen MR) is 84.6 cm³/mol. The second-order valence-corrected chi connectivity index (χ2v) is 5.64. The van der Waals surface area contributed by atoms with Crippen molar-refractivity contribution in [3.63, 3.8) is 0 Å². The van der Waals surface area contributed by atoms with Crippen molar-refractivity contribution in [3.8, 4) is 5.75 Å². The van der Waals surface area contributed by atoms with Gasteiger partial charge in [0, 0.05) is 18.5 Å². The number of nitrogens with one attached hydrogen (secondary N) is 1. The van der Waals surface area contributed by atoms with Gasteiger partial charge in [-0.1, -0.05) is 19.1 Å². The molecule has 1 unspecified atom stereocenters. The van der Waals surface area contributed by atoms with Gasteiger partial charge in [-0.15, -0.1) is 12.4 Å². The molecule has 0 aliphatic heterocycles. The van der Waals surface area contributed by atoms with Gasteiger partial charge in [-0.3, -0.25) is 4.79 Å². The number of halogens is 1. The maximum Gasteiger partial charge on any atom is 0.220 e. The molecule has 0 saturated carbocycles. The van der Waals surface area contributed by atoms with E-state index >= 15 is 0 Å². The summed E-state index contributed by atoms with van der Waals surface area (Å²) in [6.45, 7) is 6.30. The zero-order valence-electron chi connectivity index (χ0n) is 12.6. The fourth-order valence-corrected chi connectivity index (χ4v) is 1.73. The van der Waals surface area contributed by atoms with E-state index in [-0.39, 0.29) is 29.8 Å². The highest BCUT2D eigenvalue weighted by atomic mass is 35.5. The topological polar surface area (TPSA) is 64.3 Å². The Balaban J connectivity index is 0.00000361. The van der Waals surface area contributed by atoms with Gasteiger partial charge in [0.05, 0.1) is 7.11 Å². The normalized spacial score (nSPS) is 12.2. The zero-order valence-corrected chi connectivity index (χ0v) is 13.4. The van der Waals surface area contributed by atoms with Crippen molar-refractivity contribution in [2.45, 2.75) is 38.6 Å². The summed E-state index contributed by atoms with van der Waals surface area (Å²) in [6.07, 6.45) is 0.461. The molecule has 1 amide bonds. The van der Waals surface area contributed by atoms with E-state index in [0.717, 1.165) is 11.3 Å². The van der Waals surface area contributed by atoms with Crippen molar-refractivity contribution in [1.29, 1.82) is 0 Å². The van der Waals surface area contributed by atoms with Crippen LogP contribution in [0.5, 0.6) is 5.75 Å². The van der Waals surface area contributed by atoms with Crippen LogP contribution in [0.15, 0.2) is 24.3 Å². The molecule has 1 rings (SSSR count). The number of amides is 1. The largest absolute Gasteiger partial charge is 0.497 e. The molecule has 0 aliphatic rings. The Labute approximate surface area is 127 Å². The second kappa shape index (κ2) is 8.12. The number of rotatable bonds is 6. The van der Waals surface area contributed by atoms with Crippen molar-refractivity contribution < 1.29 is 9.53 Å². The predicted octanol–water partition coefficient (Wildman–Crippen LogP) is 2.46. The number of benzene rings is 1. The van der Waals surface area contributed by atoms with Crippen molar-refractivity contribution in [2.75, 3.05) is 13.7 Å². The minimum absolute atomic E-state index is 0. The zero-order chi connectivity index (χ0) is 14.5. The fraction of sp³-hybridized carbons (Fsp3) is 0.533. The molecule has 0 fully saturated rings. The minimum atomic E-state index is -0.376. The molecule has 1 aromatic carbocycles. The first-order chi connectivity index (χ1) is 8.81. The van der Waals surface area contributed by atoms with Crippen LogP contribution in [0.1, 0.15) is 38.7 Å². The Morgan fingerprint density at radius 3 is 2.35 bits per heavy atom. The minimum Gasteiger partial charge on any atom is -0.497 e. The summed E-state index contributed by atoms with van der Waals surface area (Å²) >= 11 is 0. The third-order valence-electron chi connectivity index (χ3n) is 2.92. The Bertz CT molecular complexity index is 413. The van der Waals surface area contributed by atoms with Gasteiger partial charge in [0.2, 0.25) is 5.91 Å². The lowest BCUT2D eigenvalue weighted by atomic mass is 9.97. The van der Waals surface area contributed by atoms with E-state index in [1.165, 1.54) is 0 Å². The number of hydrogen-bond donors (Lipinski definition) is 2. The van der Waals surface area contributed by atoms with Gasteiger partial charge in [-0.05, 0) is 37.5 Å². The van der Waals surface area contributed by atoms with Crippen LogP contribution in [-0.4, -0.2) is 25.1 Å². The Morgan fingerprint density at radius 2 is 1.90 bits per heavy atom. The number of methoxy groups -OCH3 is 1. The molecule has 0 aliphatic carbocycles. The molecule has 0 bridgehead atoms. The lowest BCUT2D eigenvalue weighted by Crippen LogP contribution is -2.45. The van der Waals surface area contributed by atoms with Gasteiger partial charge in [-0.25, -0.2) is 0 Å². The van der Waals surface area contributed by atoms with Gasteiger partial charge in [0.25, 0.3) is 0 Å². The molecule has 0 aromatic heterocycles. The van der Waals surface area contributed by atoms with E-state index in [1.54, 1.807) is 7.11 Å². The van der Waals surface area contributed by atoms with E-state index in [2.05, 4.69) is 5.32 Å². The van der Waals surface area contributed by atoms with Crippen LogP contribution >= 0.6 is 12.4 Å². The number of carbonyl (C=O) groups excluding carboxylic acids is 1. The van der Waals surface area contributed by atoms with Crippen LogP contribution < -0.4 is 15.8 Å². The van der Waals surface area contributed by atoms with Crippen molar-refractivity contribution in [2.24, 2.45) is 5.73 Å². The highest BCUT2D eigenvalue weighted by molar-refractivity contribution is 5.85. The molecule has 1 aromatic rings. The lowest BCUT2D eigenvalue weighted by Gasteiger charge is -2.20. The van der Waals surface area contributed by atoms with E-state index in [4.69, 9.17) is 10.5 Å². The van der Waals surface area contributed by atoms with Crippen LogP contribution in [0.2, 0.25) is 0 Å².